The SMILES string of the molecule is COC(=O)C1CC(=O)N(c2cc(OC)c(C#N)cn2)C1. The molecule has 1 aliphatic heterocycles. The monoisotopic (exact) mass is 275 g/mol. The molecule has 7 heteroatoms. The number of methoxy groups -OCH3 is 2. The zero-order valence-electron chi connectivity index (χ0n) is 11.1. The highest BCUT2D eigenvalue weighted by Crippen LogP contribution is 2.28. The minimum Gasteiger partial charge on any atom is -0.495 e. The van der Waals surface area contributed by atoms with Gasteiger partial charge >= 0.3 is 5.97 Å². The Morgan fingerprint density at radius 2 is 2.30 bits per heavy atom. The minimum absolute atomic E-state index is 0.0939. The van der Waals surface area contributed by atoms with E-state index in [-0.39, 0.29) is 24.4 Å². The summed E-state index contributed by atoms with van der Waals surface area (Å²) in [6, 6.07) is 3.46. The van der Waals surface area contributed by atoms with E-state index >= 15 is 0 Å². The number of anilines is 1. The second kappa shape index (κ2) is 5.57. The molecule has 0 aliphatic carbocycles. The van der Waals surface area contributed by atoms with Gasteiger partial charge in [-0.25, -0.2) is 4.98 Å². The Labute approximate surface area is 115 Å². The van der Waals surface area contributed by atoms with E-state index in [4.69, 9.17) is 10.00 Å². The van der Waals surface area contributed by atoms with Crippen LogP contribution in [0.5, 0.6) is 5.75 Å². The first-order valence-electron chi connectivity index (χ1n) is 5.93. The van der Waals surface area contributed by atoms with E-state index in [9.17, 15) is 9.59 Å². The summed E-state index contributed by atoms with van der Waals surface area (Å²) in [4.78, 5) is 28.9. The van der Waals surface area contributed by atoms with Crippen LogP contribution in [0.1, 0.15) is 12.0 Å². The Hall–Kier alpha value is -2.62. The van der Waals surface area contributed by atoms with E-state index in [2.05, 4.69) is 9.72 Å². The van der Waals surface area contributed by atoms with E-state index in [1.54, 1.807) is 0 Å². The summed E-state index contributed by atoms with van der Waals surface area (Å²) in [5, 5.41) is 8.89. The molecule has 0 spiro atoms. The Bertz CT molecular complexity index is 594. The number of carbonyl (C=O) groups is 2. The summed E-state index contributed by atoms with van der Waals surface area (Å²) < 4.78 is 9.72. The highest BCUT2D eigenvalue weighted by molar-refractivity contribution is 5.98. The number of hydrogen-bond donors (Lipinski definition) is 0. The fraction of sp³-hybridized carbons (Fsp3) is 0.385. The molecule has 1 aromatic rings. The molecule has 104 valence electrons. The molecule has 0 saturated carbocycles. The summed E-state index contributed by atoms with van der Waals surface area (Å²) in [6.45, 7) is 0.216. The number of carbonyl (C=O) groups excluding carboxylic acids is 2. The Balaban J connectivity index is 2.27. The van der Waals surface area contributed by atoms with Crippen LogP contribution in [0, 0.1) is 17.2 Å². The van der Waals surface area contributed by atoms with Gasteiger partial charge in [0.1, 0.15) is 23.2 Å². The zero-order chi connectivity index (χ0) is 14.7. The molecular weight excluding hydrogens is 262 g/mol. The van der Waals surface area contributed by atoms with Gasteiger partial charge in [-0.15, -0.1) is 0 Å². The molecule has 2 rings (SSSR count). The highest BCUT2D eigenvalue weighted by Gasteiger charge is 2.36. The quantitative estimate of drug-likeness (QED) is 0.745. The third kappa shape index (κ3) is 2.40. The van der Waals surface area contributed by atoms with Crippen molar-refractivity contribution in [3.05, 3.63) is 17.8 Å². The maximum absolute atomic E-state index is 11.9. The third-order valence-electron chi connectivity index (χ3n) is 3.13. The van der Waals surface area contributed by atoms with Crippen LogP contribution in [0.25, 0.3) is 0 Å². The summed E-state index contributed by atoms with van der Waals surface area (Å²) >= 11 is 0. The number of rotatable bonds is 3. The van der Waals surface area contributed by atoms with Gasteiger partial charge in [-0.1, -0.05) is 0 Å². The maximum atomic E-state index is 11.9. The van der Waals surface area contributed by atoms with Crippen molar-refractivity contribution in [2.24, 2.45) is 5.92 Å². The molecule has 1 atom stereocenters. The third-order valence-corrected chi connectivity index (χ3v) is 3.13. The molecule has 0 bridgehead atoms. The van der Waals surface area contributed by atoms with E-state index < -0.39 is 11.9 Å². The molecule has 1 saturated heterocycles. The fourth-order valence-electron chi connectivity index (χ4n) is 2.08. The first kappa shape index (κ1) is 13.8. The van der Waals surface area contributed by atoms with Crippen LogP contribution in [-0.2, 0) is 14.3 Å². The van der Waals surface area contributed by atoms with E-state index in [0.29, 0.717) is 11.6 Å². The lowest BCUT2D eigenvalue weighted by Gasteiger charge is -2.16. The second-order valence-electron chi connectivity index (χ2n) is 4.28. The summed E-state index contributed by atoms with van der Waals surface area (Å²) in [6.07, 6.45) is 1.43. The number of nitriles is 1. The number of pyridine rings is 1. The standard InChI is InChI=1S/C13H13N3O4/c1-19-10-4-11(15-6-9(10)5-14)16-7-8(3-12(16)17)13(18)20-2/h4,6,8H,3,7H2,1-2H3. The molecule has 1 amide bonds. The van der Waals surface area contributed by atoms with Gasteiger partial charge < -0.3 is 9.47 Å². The van der Waals surface area contributed by atoms with Gasteiger partial charge in [0, 0.05) is 19.0 Å². The number of amides is 1. The Kier molecular flexibility index (Phi) is 3.84. The Morgan fingerprint density at radius 3 is 2.90 bits per heavy atom. The molecule has 7 nitrogen and oxygen atoms in total. The molecule has 1 unspecified atom stereocenters. The fourth-order valence-corrected chi connectivity index (χ4v) is 2.08. The maximum Gasteiger partial charge on any atom is 0.311 e. The van der Waals surface area contributed by atoms with Gasteiger partial charge in [-0.05, 0) is 0 Å². The van der Waals surface area contributed by atoms with Crippen LogP contribution in [0.15, 0.2) is 12.3 Å². The molecule has 0 aromatic carbocycles. The number of hydrogen-bond acceptors (Lipinski definition) is 6. The smallest absolute Gasteiger partial charge is 0.311 e. The van der Waals surface area contributed by atoms with Crippen molar-refractivity contribution in [2.75, 3.05) is 25.7 Å². The van der Waals surface area contributed by atoms with Crippen LogP contribution in [0.4, 0.5) is 5.82 Å². The molecule has 0 radical (unpaired) electrons. The van der Waals surface area contributed by atoms with Crippen molar-refractivity contribution in [2.45, 2.75) is 6.42 Å². The molecular formula is C13H13N3O4. The predicted molar refractivity (Wildman–Crippen MR) is 68.0 cm³/mol. The molecule has 1 aliphatic rings. The van der Waals surface area contributed by atoms with Crippen molar-refractivity contribution >= 4 is 17.7 Å². The number of ether oxygens (including phenoxy) is 2. The van der Waals surface area contributed by atoms with Gasteiger partial charge in [-0.3, -0.25) is 14.5 Å². The minimum atomic E-state index is -0.490. The number of aromatic nitrogens is 1. The lowest BCUT2D eigenvalue weighted by atomic mass is 10.1. The van der Waals surface area contributed by atoms with E-state index in [0.717, 1.165) is 0 Å². The first-order valence-corrected chi connectivity index (χ1v) is 5.93. The van der Waals surface area contributed by atoms with E-state index in [1.807, 2.05) is 6.07 Å². The number of nitrogens with zero attached hydrogens (tertiary/aromatic N) is 3. The molecule has 2 heterocycles. The summed E-state index contributed by atoms with van der Waals surface area (Å²) in [7, 11) is 2.72. The van der Waals surface area contributed by atoms with E-state index in [1.165, 1.54) is 31.4 Å². The van der Waals surface area contributed by atoms with Crippen LogP contribution >= 0.6 is 0 Å². The number of esters is 1. The van der Waals surface area contributed by atoms with Gasteiger partial charge in [0.05, 0.1) is 26.3 Å². The average Bonchev–Trinajstić information content (AvgIpc) is 2.87. The van der Waals surface area contributed by atoms with Gasteiger partial charge in [0.2, 0.25) is 5.91 Å². The van der Waals surface area contributed by atoms with Crippen LogP contribution in [0.2, 0.25) is 0 Å². The van der Waals surface area contributed by atoms with Gasteiger partial charge in [0.25, 0.3) is 0 Å². The van der Waals surface area contributed by atoms with Crippen molar-refractivity contribution in [3.8, 4) is 11.8 Å². The average molecular weight is 275 g/mol. The van der Waals surface area contributed by atoms with Crippen molar-refractivity contribution in [1.29, 1.82) is 5.26 Å². The van der Waals surface area contributed by atoms with Crippen LogP contribution in [0.3, 0.4) is 0 Å². The summed E-state index contributed by atoms with van der Waals surface area (Å²) in [5.74, 6) is -0.416. The topological polar surface area (TPSA) is 92.5 Å². The van der Waals surface area contributed by atoms with Crippen molar-refractivity contribution in [3.63, 3.8) is 0 Å². The summed E-state index contributed by atoms with van der Waals surface area (Å²) in [5.41, 5.74) is 0.285. The van der Waals surface area contributed by atoms with Gasteiger partial charge in [-0.2, -0.15) is 5.26 Å². The highest BCUT2D eigenvalue weighted by atomic mass is 16.5. The molecule has 1 aromatic heterocycles. The largest absolute Gasteiger partial charge is 0.495 e. The predicted octanol–water partition coefficient (Wildman–Crippen LogP) is 0.488. The normalized spacial score (nSPS) is 17.8. The van der Waals surface area contributed by atoms with Crippen LogP contribution < -0.4 is 9.64 Å². The molecule has 1 fully saturated rings. The van der Waals surface area contributed by atoms with Crippen molar-refractivity contribution in [1.82, 2.24) is 4.98 Å². The lowest BCUT2D eigenvalue weighted by molar-refractivity contribution is -0.145. The molecule has 0 N–H and O–H groups in total. The van der Waals surface area contributed by atoms with Crippen molar-refractivity contribution < 1.29 is 19.1 Å². The Morgan fingerprint density at radius 1 is 1.55 bits per heavy atom. The van der Waals surface area contributed by atoms with Crippen LogP contribution in [-0.4, -0.2) is 37.6 Å². The molecule has 20 heavy (non-hydrogen) atoms. The second-order valence-corrected chi connectivity index (χ2v) is 4.28. The van der Waals surface area contributed by atoms with Gasteiger partial charge in [0.15, 0.2) is 0 Å². The first-order chi connectivity index (χ1) is 9.60. The lowest BCUT2D eigenvalue weighted by Crippen LogP contribution is -2.27. The zero-order valence-corrected chi connectivity index (χ0v) is 11.1.